The van der Waals surface area contributed by atoms with Gasteiger partial charge in [-0.25, -0.2) is 9.78 Å². The van der Waals surface area contributed by atoms with E-state index in [0.29, 0.717) is 5.69 Å². The Morgan fingerprint density at radius 2 is 2.17 bits per heavy atom. The lowest BCUT2D eigenvalue weighted by Gasteiger charge is -1.98. The SMILES string of the molecule is Cn1cc(-c2nc(C(=O)OC/C=C\c3ccccc3)cs2)cn1. The van der Waals surface area contributed by atoms with Crippen molar-refractivity contribution >= 4 is 23.4 Å². The molecule has 0 aliphatic heterocycles. The number of aromatic nitrogens is 3. The summed E-state index contributed by atoms with van der Waals surface area (Å²) in [5.41, 5.74) is 2.28. The van der Waals surface area contributed by atoms with E-state index in [1.807, 2.05) is 55.7 Å². The molecule has 23 heavy (non-hydrogen) atoms. The van der Waals surface area contributed by atoms with E-state index in [4.69, 9.17) is 4.74 Å². The second kappa shape index (κ2) is 7.02. The summed E-state index contributed by atoms with van der Waals surface area (Å²) in [5, 5.41) is 6.55. The minimum atomic E-state index is -0.422. The van der Waals surface area contributed by atoms with Gasteiger partial charge in [-0.3, -0.25) is 4.68 Å². The van der Waals surface area contributed by atoms with Crippen LogP contribution in [0.1, 0.15) is 16.1 Å². The van der Waals surface area contributed by atoms with Gasteiger partial charge in [-0.2, -0.15) is 5.10 Å². The van der Waals surface area contributed by atoms with Crippen LogP contribution < -0.4 is 0 Å². The van der Waals surface area contributed by atoms with Crippen LogP contribution in [0, 0.1) is 0 Å². The molecule has 0 atom stereocenters. The standard InChI is InChI=1S/C17H15N3O2S/c1-20-11-14(10-18-20)16-19-15(12-23-16)17(21)22-9-5-8-13-6-3-2-4-7-13/h2-8,10-12H,9H2,1H3/b8-5-. The van der Waals surface area contributed by atoms with Gasteiger partial charge in [0.2, 0.25) is 0 Å². The molecule has 6 heteroatoms. The maximum atomic E-state index is 12.0. The monoisotopic (exact) mass is 325 g/mol. The number of aryl methyl sites for hydroxylation is 1. The lowest BCUT2D eigenvalue weighted by molar-refractivity contribution is 0.0544. The molecule has 1 aromatic carbocycles. The van der Waals surface area contributed by atoms with Crippen LogP contribution in [0.25, 0.3) is 16.6 Å². The molecule has 0 unspecified atom stereocenters. The summed E-state index contributed by atoms with van der Waals surface area (Å²) in [6.07, 6.45) is 7.30. The van der Waals surface area contributed by atoms with Crippen molar-refractivity contribution in [3.05, 3.63) is 65.4 Å². The fourth-order valence-corrected chi connectivity index (χ4v) is 2.74. The number of esters is 1. The number of hydrogen-bond acceptors (Lipinski definition) is 5. The maximum absolute atomic E-state index is 12.0. The first-order valence-corrected chi connectivity index (χ1v) is 7.93. The third kappa shape index (κ3) is 3.92. The highest BCUT2D eigenvalue weighted by Crippen LogP contribution is 2.23. The number of thiazole rings is 1. The molecular formula is C17H15N3O2S. The number of benzene rings is 1. The highest BCUT2D eigenvalue weighted by atomic mass is 32.1. The van der Waals surface area contributed by atoms with Gasteiger partial charge < -0.3 is 4.74 Å². The van der Waals surface area contributed by atoms with E-state index < -0.39 is 5.97 Å². The molecule has 116 valence electrons. The van der Waals surface area contributed by atoms with Crippen LogP contribution in [-0.4, -0.2) is 27.3 Å². The highest BCUT2D eigenvalue weighted by molar-refractivity contribution is 7.13. The van der Waals surface area contributed by atoms with Crippen LogP contribution in [0.5, 0.6) is 0 Å². The molecule has 0 saturated heterocycles. The predicted octanol–water partition coefficient (Wildman–Crippen LogP) is 3.41. The van der Waals surface area contributed by atoms with E-state index in [0.717, 1.165) is 16.1 Å². The molecule has 3 aromatic rings. The Bertz CT molecular complexity index is 821. The fourth-order valence-electron chi connectivity index (χ4n) is 1.98. The van der Waals surface area contributed by atoms with Crippen molar-refractivity contribution < 1.29 is 9.53 Å². The molecular weight excluding hydrogens is 310 g/mol. The highest BCUT2D eigenvalue weighted by Gasteiger charge is 2.13. The van der Waals surface area contributed by atoms with Gasteiger partial charge in [0, 0.05) is 24.2 Å². The molecule has 0 fully saturated rings. The van der Waals surface area contributed by atoms with Crippen molar-refractivity contribution in [3.63, 3.8) is 0 Å². The van der Waals surface area contributed by atoms with Crippen molar-refractivity contribution in [2.75, 3.05) is 6.61 Å². The molecule has 0 amide bonds. The lowest BCUT2D eigenvalue weighted by Crippen LogP contribution is -2.05. The van der Waals surface area contributed by atoms with Gasteiger partial charge >= 0.3 is 5.97 Å². The Hall–Kier alpha value is -2.73. The third-order valence-electron chi connectivity index (χ3n) is 3.09. The van der Waals surface area contributed by atoms with Gasteiger partial charge in [0.15, 0.2) is 5.69 Å². The summed E-state index contributed by atoms with van der Waals surface area (Å²) in [4.78, 5) is 16.3. The summed E-state index contributed by atoms with van der Waals surface area (Å²) in [6.45, 7) is 0.216. The summed E-state index contributed by atoms with van der Waals surface area (Å²) in [6, 6.07) is 9.85. The Morgan fingerprint density at radius 3 is 2.91 bits per heavy atom. The Kier molecular flexibility index (Phi) is 4.63. The minimum Gasteiger partial charge on any atom is -0.457 e. The van der Waals surface area contributed by atoms with Gasteiger partial charge in [-0.1, -0.05) is 36.4 Å². The molecule has 0 spiro atoms. The smallest absolute Gasteiger partial charge is 0.358 e. The predicted molar refractivity (Wildman–Crippen MR) is 90.1 cm³/mol. The van der Waals surface area contributed by atoms with Crippen LogP contribution in [-0.2, 0) is 11.8 Å². The van der Waals surface area contributed by atoms with Crippen LogP contribution in [0.2, 0.25) is 0 Å². The summed E-state index contributed by atoms with van der Waals surface area (Å²) >= 11 is 1.40. The molecule has 2 heterocycles. The first-order chi connectivity index (χ1) is 11.2. The molecule has 0 bridgehead atoms. The second-order valence-electron chi connectivity index (χ2n) is 4.85. The number of carbonyl (C=O) groups is 1. The molecule has 0 radical (unpaired) electrons. The van der Waals surface area contributed by atoms with E-state index in [-0.39, 0.29) is 6.61 Å². The number of hydrogen-bond donors (Lipinski definition) is 0. The van der Waals surface area contributed by atoms with Crippen molar-refractivity contribution in [1.82, 2.24) is 14.8 Å². The number of rotatable bonds is 5. The zero-order valence-electron chi connectivity index (χ0n) is 12.5. The lowest BCUT2D eigenvalue weighted by atomic mass is 10.2. The third-order valence-corrected chi connectivity index (χ3v) is 3.98. The number of carbonyl (C=O) groups excluding carboxylic acids is 1. The van der Waals surface area contributed by atoms with E-state index in [1.54, 1.807) is 16.3 Å². The average Bonchev–Trinajstić information content (AvgIpc) is 3.21. The fraction of sp³-hybridized carbons (Fsp3) is 0.118. The van der Waals surface area contributed by atoms with E-state index in [2.05, 4.69) is 10.1 Å². The van der Waals surface area contributed by atoms with Gasteiger partial charge in [-0.05, 0) is 11.6 Å². The Morgan fingerprint density at radius 1 is 1.35 bits per heavy atom. The van der Waals surface area contributed by atoms with E-state index >= 15 is 0 Å². The molecule has 0 aliphatic rings. The minimum absolute atomic E-state index is 0.216. The van der Waals surface area contributed by atoms with Crippen molar-refractivity contribution in [3.8, 4) is 10.6 Å². The van der Waals surface area contributed by atoms with Crippen molar-refractivity contribution in [2.24, 2.45) is 7.05 Å². The zero-order valence-corrected chi connectivity index (χ0v) is 13.4. The molecule has 2 aromatic heterocycles. The van der Waals surface area contributed by atoms with E-state index in [1.165, 1.54) is 11.3 Å². The summed E-state index contributed by atoms with van der Waals surface area (Å²) in [7, 11) is 1.84. The topological polar surface area (TPSA) is 57.0 Å². The summed E-state index contributed by atoms with van der Waals surface area (Å²) < 4.78 is 6.90. The van der Waals surface area contributed by atoms with Gasteiger partial charge in [-0.15, -0.1) is 11.3 Å². The largest absolute Gasteiger partial charge is 0.457 e. The molecule has 0 saturated carbocycles. The van der Waals surface area contributed by atoms with Crippen molar-refractivity contribution in [2.45, 2.75) is 0 Å². The molecule has 3 rings (SSSR count). The molecule has 0 N–H and O–H groups in total. The summed E-state index contributed by atoms with van der Waals surface area (Å²) in [5.74, 6) is -0.422. The Balaban J connectivity index is 1.57. The van der Waals surface area contributed by atoms with Gasteiger partial charge in [0.05, 0.1) is 6.20 Å². The van der Waals surface area contributed by atoms with Crippen LogP contribution >= 0.6 is 11.3 Å². The first-order valence-electron chi connectivity index (χ1n) is 7.05. The van der Waals surface area contributed by atoms with E-state index in [9.17, 15) is 4.79 Å². The maximum Gasteiger partial charge on any atom is 0.358 e. The number of ether oxygens (including phenoxy) is 1. The van der Waals surface area contributed by atoms with Crippen LogP contribution in [0.4, 0.5) is 0 Å². The quantitative estimate of drug-likeness (QED) is 0.675. The first kappa shape index (κ1) is 15.2. The average molecular weight is 325 g/mol. The van der Waals surface area contributed by atoms with Crippen molar-refractivity contribution in [1.29, 1.82) is 0 Å². The molecule has 5 nitrogen and oxygen atoms in total. The number of nitrogens with zero attached hydrogens (tertiary/aromatic N) is 3. The van der Waals surface area contributed by atoms with Crippen LogP contribution in [0.15, 0.2) is 54.2 Å². The normalized spacial score (nSPS) is 11.0. The van der Waals surface area contributed by atoms with Gasteiger partial charge in [0.25, 0.3) is 0 Å². The van der Waals surface area contributed by atoms with Gasteiger partial charge in [0.1, 0.15) is 11.6 Å². The zero-order chi connectivity index (χ0) is 16.1. The van der Waals surface area contributed by atoms with Crippen LogP contribution in [0.3, 0.4) is 0 Å². The second-order valence-corrected chi connectivity index (χ2v) is 5.71. The molecule has 0 aliphatic carbocycles. The Labute approximate surface area is 137 Å².